The third kappa shape index (κ3) is 11.7. The van der Waals surface area contributed by atoms with Crippen LogP contribution in [0, 0.1) is 5.92 Å². The van der Waals surface area contributed by atoms with Crippen molar-refractivity contribution in [2.75, 3.05) is 24.0 Å². The number of carboxylic acids is 1. The Morgan fingerprint density at radius 2 is 1.37 bits per heavy atom. The summed E-state index contributed by atoms with van der Waals surface area (Å²) in [7, 11) is 0. The van der Waals surface area contributed by atoms with Crippen LogP contribution in [0.3, 0.4) is 0 Å². The predicted molar refractivity (Wildman–Crippen MR) is 123 cm³/mol. The van der Waals surface area contributed by atoms with E-state index in [-0.39, 0.29) is 12.3 Å². The Balaban J connectivity index is 5.01. The molecule has 0 rings (SSSR count). The van der Waals surface area contributed by atoms with Crippen LogP contribution in [0.2, 0.25) is 0 Å². The maximum Gasteiger partial charge on any atom is 0.326 e. The lowest BCUT2D eigenvalue weighted by atomic mass is 10.0. The molecule has 174 valence electrons. The molecule has 4 atom stereocenters. The summed E-state index contributed by atoms with van der Waals surface area (Å²) in [5, 5.41) is 17.0. The smallest absolute Gasteiger partial charge is 0.326 e. The number of carbonyl (C=O) groups excluding carboxylic acids is 3. The number of rotatable bonds is 15. The quantitative estimate of drug-likeness (QED) is 0.234. The second-order valence-corrected chi connectivity index (χ2v) is 9.46. The van der Waals surface area contributed by atoms with Gasteiger partial charge in [0.1, 0.15) is 18.1 Å². The second-order valence-electron chi connectivity index (χ2n) is 7.49. The van der Waals surface area contributed by atoms with E-state index >= 15 is 0 Å². The molecule has 3 amide bonds. The lowest BCUT2D eigenvalue weighted by Gasteiger charge is -2.24. The van der Waals surface area contributed by atoms with Crippen molar-refractivity contribution in [3.63, 3.8) is 0 Å². The first kappa shape index (κ1) is 28.5. The number of carboxylic acid groups (broad SMARTS) is 1. The number of hydrogen-bond acceptors (Lipinski definition) is 7. The molecule has 4 unspecified atom stereocenters. The van der Waals surface area contributed by atoms with E-state index in [9.17, 15) is 24.3 Å². The number of aliphatic carboxylic acids is 1. The van der Waals surface area contributed by atoms with E-state index in [0.717, 1.165) is 5.75 Å². The first-order valence-electron chi connectivity index (χ1n) is 9.90. The molecule has 0 heterocycles. The highest BCUT2D eigenvalue weighted by Crippen LogP contribution is 2.08. The van der Waals surface area contributed by atoms with E-state index in [1.807, 2.05) is 26.4 Å². The Hall–Kier alpha value is -1.46. The lowest BCUT2D eigenvalue weighted by Crippen LogP contribution is -2.56. The van der Waals surface area contributed by atoms with E-state index in [4.69, 9.17) is 5.73 Å². The van der Waals surface area contributed by atoms with Crippen LogP contribution in [-0.2, 0) is 19.2 Å². The van der Waals surface area contributed by atoms with E-state index in [1.165, 1.54) is 18.7 Å². The van der Waals surface area contributed by atoms with Gasteiger partial charge in [-0.3, -0.25) is 14.4 Å². The van der Waals surface area contributed by atoms with Crippen molar-refractivity contribution in [1.82, 2.24) is 16.0 Å². The number of thioether (sulfide) groups is 2. The molecule has 6 N–H and O–H groups in total. The SMILES string of the molecule is CSCCC(N)C(=O)NC(C)C(=O)NC(CC(C)C)C(=O)NC(CCSC)C(=O)O. The molecular formula is C19H36N4O5S2. The summed E-state index contributed by atoms with van der Waals surface area (Å²) in [6.07, 6.45) is 4.87. The monoisotopic (exact) mass is 464 g/mol. The number of amides is 3. The Bertz CT molecular complexity index is 577. The molecule has 0 aromatic rings. The van der Waals surface area contributed by atoms with Crippen LogP contribution in [0.4, 0.5) is 0 Å². The molecule has 11 heteroatoms. The molecular weight excluding hydrogens is 428 g/mol. The third-order valence-corrected chi connectivity index (χ3v) is 5.58. The minimum Gasteiger partial charge on any atom is -0.480 e. The van der Waals surface area contributed by atoms with Crippen molar-refractivity contribution in [2.24, 2.45) is 11.7 Å². The Kier molecular flexibility index (Phi) is 14.6. The molecule has 30 heavy (non-hydrogen) atoms. The molecule has 9 nitrogen and oxygen atoms in total. The maximum absolute atomic E-state index is 12.7. The average Bonchev–Trinajstić information content (AvgIpc) is 2.67. The van der Waals surface area contributed by atoms with Crippen LogP contribution < -0.4 is 21.7 Å². The molecule has 0 spiro atoms. The van der Waals surface area contributed by atoms with Gasteiger partial charge in [0, 0.05) is 0 Å². The van der Waals surface area contributed by atoms with Gasteiger partial charge in [-0.15, -0.1) is 0 Å². The summed E-state index contributed by atoms with van der Waals surface area (Å²) in [5.41, 5.74) is 5.81. The van der Waals surface area contributed by atoms with E-state index in [1.54, 1.807) is 11.8 Å². The minimum atomic E-state index is -1.12. The first-order chi connectivity index (χ1) is 14.0. The Labute approximate surface area is 187 Å². The number of nitrogens with two attached hydrogens (primary N) is 1. The first-order valence-corrected chi connectivity index (χ1v) is 12.7. The summed E-state index contributed by atoms with van der Waals surface area (Å²) in [5.74, 6) is -1.24. The zero-order chi connectivity index (χ0) is 23.3. The lowest BCUT2D eigenvalue weighted by molar-refractivity contribution is -0.142. The fourth-order valence-corrected chi connectivity index (χ4v) is 3.49. The van der Waals surface area contributed by atoms with Crippen LogP contribution in [0.15, 0.2) is 0 Å². The van der Waals surface area contributed by atoms with Gasteiger partial charge in [0.05, 0.1) is 6.04 Å². The summed E-state index contributed by atoms with van der Waals surface area (Å²) in [6, 6.07) is -3.52. The maximum atomic E-state index is 12.7. The standard InChI is InChI=1S/C19H36N4O5S2/c1-11(2)10-15(18(26)22-14(19(27)28)7-9-30-5)23-16(24)12(3)21-17(25)13(20)6-8-29-4/h11-15H,6-10,20H2,1-5H3,(H,21,25)(H,22,26)(H,23,24)(H,27,28). The van der Waals surface area contributed by atoms with Crippen LogP contribution in [0.5, 0.6) is 0 Å². The molecule has 0 aliphatic rings. The van der Waals surface area contributed by atoms with E-state index < -0.39 is 47.9 Å². The molecule has 0 radical (unpaired) electrons. The van der Waals surface area contributed by atoms with Crippen LogP contribution in [-0.4, -0.2) is 77.0 Å². The molecule has 0 aromatic heterocycles. The highest BCUT2D eigenvalue weighted by molar-refractivity contribution is 7.98. The molecule has 0 saturated carbocycles. The van der Waals surface area contributed by atoms with Gasteiger partial charge in [0.25, 0.3) is 0 Å². The Morgan fingerprint density at radius 1 is 0.833 bits per heavy atom. The van der Waals surface area contributed by atoms with Crippen molar-refractivity contribution in [2.45, 2.75) is 64.2 Å². The van der Waals surface area contributed by atoms with Crippen LogP contribution in [0.25, 0.3) is 0 Å². The van der Waals surface area contributed by atoms with Crippen LogP contribution >= 0.6 is 23.5 Å². The molecule has 0 aromatic carbocycles. The van der Waals surface area contributed by atoms with Gasteiger partial charge in [0.15, 0.2) is 0 Å². The zero-order valence-electron chi connectivity index (χ0n) is 18.4. The van der Waals surface area contributed by atoms with E-state index in [2.05, 4.69) is 16.0 Å². The normalized spacial score (nSPS) is 15.0. The molecule has 0 saturated heterocycles. The average molecular weight is 465 g/mol. The highest BCUT2D eigenvalue weighted by atomic mass is 32.2. The number of hydrogen-bond donors (Lipinski definition) is 5. The second kappa shape index (κ2) is 15.4. The van der Waals surface area contributed by atoms with Gasteiger partial charge < -0.3 is 26.8 Å². The van der Waals surface area contributed by atoms with Crippen molar-refractivity contribution in [1.29, 1.82) is 0 Å². The number of nitrogens with one attached hydrogen (secondary N) is 3. The summed E-state index contributed by atoms with van der Waals surface area (Å²) in [4.78, 5) is 48.7. The molecule has 0 aliphatic heterocycles. The zero-order valence-corrected chi connectivity index (χ0v) is 20.0. The fraction of sp³-hybridized carbons (Fsp3) is 0.789. The van der Waals surface area contributed by atoms with Crippen LogP contribution in [0.1, 0.15) is 40.0 Å². The van der Waals surface area contributed by atoms with Gasteiger partial charge in [-0.25, -0.2) is 4.79 Å². The largest absolute Gasteiger partial charge is 0.480 e. The summed E-state index contributed by atoms with van der Waals surface area (Å²) >= 11 is 3.06. The predicted octanol–water partition coefficient (Wildman–Crippen LogP) is 0.425. The van der Waals surface area contributed by atoms with Gasteiger partial charge >= 0.3 is 5.97 Å². The van der Waals surface area contributed by atoms with Crippen molar-refractivity contribution in [3.8, 4) is 0 Å². The highest BCUT2D eigenvalue weighted by Gasteiger charge is 2.29. The summed E-state index contributed by atoms with van der Waals surface area (Å²) < 4.78 is 0. The fourth-order valence-electron chi connectivity index (χ4n) is 2.53. The minimum absolute atomic E-state index is 0.0837. The topological polar surface area (TPSA) is 151 Å². The molecule has 0 aliphatic carbocycles. The Morgan fingerprint density at radius 3 is 1.87 bits per heavy atom. The van der Waals surface area contributed by atoms with Crippen molar-refractivity contribution < 1.29 is 24.3 Å². The molecule has 0 fully saturated rings. The molecule has 0 bridgehead atoms. The van der Waals surface area contributed by atoms with Gasteiger partial charge in [-0.2, -0.15) is 23.5 Å². The third-order valence-electron chi connectivity index (χ3n) is 4.29. The van der Waals surface area contributed by atoms with Gasteiger partial charge in [-0.1, -0.05) is 13.8 Å². The van der Waals surface area contributed by atoms with E-state index in [0.29, 0.717) is 18.6 Å². The van der Waals surface area contributed by atoms with Crippen molar-refractivity contribution >= 4 is 47.2 Å². The summed E-state index contributed by atoms with van der Waals surface area (Å²) in [6.45, 7) is 5.30. The van der Waals surface area contributed by atoms with Crippen molar-refractivity contribution in [3.05, 3.63) is 0 Å². The van der Waals surface area contributed by atoms with Gasteiger partial charge in [0.2, 0.25) is 17.7 Å². The number of carbonyl (C=O) groups is 4. The van der Waals surface area contributed by atoms with Gasteiger partial charge in [-0.05, 0) is 56.1 Å².